The van der Waals surface area contributed by atoms with Crippen LogP contribution in [0.3, 0.4) is 0 Å². The van der Waals surface area contributed by atoms with Gasteiger partial charge in [-0.2, -0.15) is 5.10 Å². The van der Waals surface area contributed by atoms with E-state index in [0.29, 0.717) is 19.5 Å². The van der Waals surface area contributed by atoms with E-state index in [2.05, 4.69) is 10.4 Å². The lowest BCUT2D eigenvalue weighted by Crippen LogP contribution is -2.27. The Kier molecular flexibility index (Phi) is 4.86. The standard InChI is InChI=1S/C18H17N3O3/c22-17-10-9-15(14-6-2-1-3-7-14)20-21(17)12-5-11-19-18(23)16-8-4-13-24-16/h1-4,6-10,13H,5,11-12H2,(H,19,23). The van der Waals surface area contributed by atoms with Crippen molar-refractivity contribution in [2.45, 2.75) is 13.0 Å². The first kappa shape index (κ1) is 15.7. The molecule has 0 saturated heterocycles. The molecule has 0 aliphatic rings. The van der Waals surface area contributed by atoms with Gasteiger partial charge in [-0.3, -0.25) is 9.59 Å². The smallest absolute Gasteiger partial charge is 0.286 e. The van der Waals surface area contributed by atoms with E-state index in [0.717, 1.165) is 11.3 Å². The van der Waals surface area contributed by atoms with E-state index in [4.69, 9.17) is 4.42 Å². The van der Waals surface area contributed by atoms with Gasteiger partial charge in [0.2, 0.25) is 0 Å². The van der Waals surface area contributed by atoms with Gasteiger partial charge in [0.05, 0.1) is 12.0 Å². The van der Waals surface area contributed by atoms with Gasteiger partial charge in [-0.25, -0.2) is 4.68 Å². The highest BCUT2D eigenvalue weighted by Gasteiger charge is 2.07. The highest BCUT2D eigenvalue weighted by atomic mass is 16.3. The largest absolute Gasteiger partial charge is 0.459 e. The Hall–Kier alpha value is -3.15. The summed E-state index contributed by atoms with van der Waals surface area (Å²) in [5.41, 5.74) is 1.54. The molecular weight excluding hydrogens is 306 g/mol. The summed E-state index contributed by atoms with van der Waals surface area (Å²) in [4.78, 5) is 23.6. The zero-order valence-electron chi connectivity index (χ0n) is 13.0. The Balaban J connectivity index is 1.59. The molecule has 6 nitrogen and oxygen atoms in total. The van der Waals surface area contributed by atoms with Crippen LogP contribution in [0.5, 0.6) is 0 Å². The number of nitrogens with zero attached hydrogens (tertiary/aromatic N) is 2. The molecule has 1 N–H and O–H groups in total. The third kappa shape index (κ3) is 3.78. The van der Waals surface area contributed by atoms with Gasteiger partial charge in [-0.15, -0.1) is 0 Å². The number of benzene rings is 1. The van der Waals surface area contributed by atoms with Crippen molar-refractivity contribution in [2.24, 2.45) is 0 Å². The molecule has 24 heavy (non-hydrogen) atoms. The summed E-state index contributed by atoms with van der Waals surface area (Å²) in [5, 5.41) is 7.13. The molecule has 3 aromatic rings. The second kappa shape index (κ2) is 7.41. The van der Waals surface area contributed by atoms with E-state index >= 15 is 0 Å². The Bertz CT molecular complexity index is 855. The van der Waals surface area contributed by atoms with Crippen LogP contribution in [0.25, 0.3) is 11.3 Å². The van der Waals surface area contributed by atoms with E-state index in [1.54, 1.807) is 18.2 Å². The molecule has 2 heterocycles. The molecule has 0 fully saturated rings. The third-order valence-corrected chi connectivity index (χ3v) is 3.51. The second-order valence-corrected chi connectivity index (χ2v) is 5.23. The fraction of sp³-hybridized carbons (Fsp3) is 0.167. The highest BCUT2D eigenvalue weighted by Crippen LogP contribution is 2.13. The lowest BCUT2D eigenvalue weighted by Gasteiger charge is -2.07. The number of hydrogen-bond donors (Lipinski definition) is 1. The van der Waals surface area contributed by atoms with Crippen molar-refractivity contribution < 1.29 is 9.21 Å². The molecule has 3 rings (SSSR count). The summed E-state index contributed by atoms with van der Waals surface area (Å²) < 4.78 is 6.43. The molecule has 0 spiro atoms. The molecule has 0 unspecified atom stereocenters. The molecule has 0 saturated carbocycles. The van der Waals surface area contributed by atoms with Crippen LogP contribution < -0.4 is 10.9 Å². The summed E-state index contributed by atoms with van der Waals surface area (Å²) in [7, 11) is 0. The van der Waals surface area contributed by atoms with Crippen LogP contribution in [0.1, 0.15) is 17.0 Å². The summed E-state index contributed by atoms with van der Waals surface area (Å²) in [6.45, 7) is 0.862. The molecule has 0 aliphatic carbocycles. The minimum atomic E-state index is -0.265. The lowest BCUT2D eigenvalue weighted by atomic mass is 10.1. The summed E-state index contributed by atoms with van der Waals surface area (Å²) in [6.07, 6.45) is 2.05. The molecule has 1 amide bonds. The summed E-state index contributed by atoms with van der Waals surface area (Å²) in [6, 6.07) is 16.2. The van der Waals surface area contributed by atoms with Crippen LogP contribution >= 0.6 is 0 Å². The van der Waals surface area contributed by atoms with Gasteiger partial charge in [0.15, 0.2) is 5.76 Å². The highest BCUT2D eigenvalue weighted by molar-refractivity contribution is 5.91. The number of amides is 1. The summed E-state index contributed by atoms with van der Waals surface area (Å²) >= 11 is 0. The van der Waals surface area contributed by atoms with Crippen molar-refractivity contribution in [2.75, 3.05) is 6.54 Å². The maximum Gasteiger partial charge on any atom is 0.286 e. The number of carbonyl (C=O) groups is 1. The predicted octanol–water partition coefficient (Wildman–Crippen LogP) is 2.32. The molecule has 2 aromatic heterocycles. The first-order valence-corrected chi connectivity index (χ1v) is 7.69. The average molecular weight is 323 g/mol. The van der Waals surface area contributed by atoms with Crippen LogP contribution in [-0.2, 0) is 6.54 Å². The van der Waals surface area contributed by atoms with E-state index in [-0.39, 0.29) is 17.2 Å². The topological polar surface area (TPSA) is 77.1 Å². The summed E-state index contributed by atoms with van der Waals surface area (Å²) in [5.74, 6) is 0.00899. The van der Waals surface area contributed by atoms with E-state index in [1.165, 1.54) is 17.0 Å². The SMILES string of the molecule is O=C(NCCCn1nc(-c2ccccc2)ccc1=O)c1ccco1. The molecule has 6 heteroatoms. The molecule has 122 valence electrons. The van der Waals surface area contributed by atoms with Crippen LogP contribution in [0.2, 0.25) is 0 Å². The fourth-order valence-electron chi connectivity index (χ4n) is 2.30. The van der Waals surface area contributed by atoms with Crippen LogP contribution in [-0.4, -0.2) is 22.2 Å². The monoisotopic (exact) mass is 323 g/mol. The maximum atomic E-state index is 11.9. The Morgan fingerprint density at radius 3 is 2.67 bits per heavy atom. The molecule has 1 aromatic carbocycles. The van der Waals surface area contributed by atoms with E-state index < -0.39 is 0 Å². The van der Waals surface area contributed by atoms with Crippen molar-refractivity contribution in [1.29, 1.82) is 0 Å². The van der Waals surface area contributed by atoms with Gasteiger partial charge in [0.1, 0.15) is 0 Å². The van der Waals surface area contributed by atoms with Crippen molar-refractivity contribution in [3.8, 4) is 11.3 Å². The van der Waals surface area contributed by atoms with Gasteiger partial charge >= 0.3 is 0 Å². The second-order valence-electron chi connectivity index (χ2n) is 5.23. The van der Waals surface area contributed by atoms with Crippen LogP contribution in [0.15, 0.2) is 70.1 Å². The number of carbonyl (C=O) groups excluding carboxylic acids is 1. The third-order valence-electron chi connectivity index (χ3n) is 3.51. The van der Waals surface area contributed by atoms with E-state index in [9.17, 15) is 9.59 Å². The fourth-order valence-corrected chi connectivity index (χ4v) is 2.30. The van der Waals surface area contributed by atoms with Crippen LogP contribution in [0, 0.1) is 0 Å². The molecular formula is C18H17N3O3. The molecule has 0 atom stereocenters. The zero-order chi connectivity index (χ0) is 16.8. The van der Waals surface area contributed by atoms with Gasteiger partial charge in [0, 0.05) is 24.7 Å². The first-order valence-electron chi connectivity index (χ1n) is 7.69. The lowest BCUT2D eigenvalue weighted by molar-refractivity contribution is 0.0925. The van der Waals surface area contributed by atoms with Gasteiger partial charge in [-0.05, 0) is 24.6 Å². The Morgan fingerprint density at radius 2 is 1.92 bits per heavy atom. The predicted molar refractivity (Wildman–Crippen MR) is 89.6 cm³/mol. The number of aryl methyl sites for hydroxylation is 1. The van der Waals surface area contributed by atoms with Crippen molar-refractivity contribution in [1.82, 2.24) is 15.1 Å². The maximum absolute atomic E-state index is 11.9. The number of aromatic nitrogens is 2. The normalized spacial score (nSPS) is 10.5. The van der Waals surface area contributed by atoms with Gasteiger partial charge in [-0.1, -0.05) is 30.3 Å². The van der Waals surface area contributed by atoms with Crippen molar-refractivity contribution in [3.63, 3.8) is 0 Å². The first-order chi connectivity index (χ1) is 11.7. The Morgan fingerprint density at radius 1 is 1.08 bits per heavy atom. The van der Waals surface area contributed by atoms with Gasteiger partial charge in [0.25, 0.3) is 11.5 Å². The molecule has 0 radical (unpaired) electrons. The van der Waals surface area contributed by atoms with Crippen molar-refractivity contribution >= 4 is 5.91 Å². The van der Waals surface area contributed by atoms with Crippen molar-refractivity contribution in [3.05, 3.63) is 77.0 Å². The average Bonchev–Trinajstić information content (AvgIpc) is 3.15. The van der Waals surface area contributed by atoms with Crippen LogP contribution in [0.4, 0.5) is 0 Å². The van der Waals surface area contributed by atoms with Gasteiger partial charge < -0.3 is 9.73 Å². The quantitative estimate of drug-likeness (QED) is 0.706. The zero-order valence-corrected chi connectivity index (χ0v) is 13.0. The minimum Gasteiger partial charge on any atom is -0.459 e. The number of rotatable bonds is 6. The molecule has 0 bridgehead atoms. The molecule has 0 aliphatic heterocycles. The minimum absolute atomic E-state index is 0.160. The number of hydrogen-bond acceptors (Lipinski definition) is 4. The number of furan rings is 1. The Labute approximate surface area is 138 Å². The number of nitrogens with one attached hydrogen (secondary N) is 1. The van der Waals surface area contributed by atoms with E-state index in [1.807, 2.05) is 30.3 Å².